The molecule has 0 fully saturated rings. The van der Waals surface area contributed by atoms with Gasteiger partial charge < -0.3 is 21.5 Å². The molecule has 0 radical (unpaired) electrons. The minimum Gasteiger partial charge on any atom is -0.494 e. The molecule has 9 nitrogen and oxygen atoms in total. The van der Waals surface area contributed by atoms with Gasteiger partial charge in [0, 0.05) is 12.2 Å². The highest BCUT2D eigenvalue weighted by Crippen LogP contribution is 2.33. The molecular formula is C26H31N5O4S. The van der Waals surface area contributed by atoms with Gasteiger partial charge in [0.1, 0.15) is 16.7 Å². The number of nitrogens with two attached hydrogens (primary N) is 2. The van der Waals surface area contributed by atoms with Crippen LogP contribution in [0.1, 0.15) is 59.0 Å². The van der Waals surface area contributed by atoms with Crippen LogP contribution in [0.4, 0.5) is 11.4 Å². The highest BCUT2D eigenvalue weighted by Gasteiger charge is 2.36. The number of para-hydroxylation sites is 1. The lowest BCUT2D eigenvalue weighted by Gasteiger charge is -2.31. The van der Waals surface area contributed by atoms with E-state index >= 15 is 0 Å². The van der Waals surface area contributed by atoms with E-state index in [9.17, 15) is 14.4 Å². The fourth-order valence-electron chi connectivity index (χ4n) is 3.62. The molecule has 0 aliphatic rings. The summed E-state index contributed by atoms with van der Waals surface area (Å²) in [5.74, 6) is -0.707. The van der Waals surface area contributed by atoms with E-state index in [0.29, 0.717) is 36.1 Å². The van der Waals surface area contributed by atoms with E-state index in [-0.39, 0.29) is 22.2 Å². The third kappa shape index (κ3) is 6.19. The van der Waals surface area contributed by atoms with Crippen molar-refractivity contribution in [1.29, 1.82) is 0 Å². The van der Waals surface area contributed by atoms with Gasteiger partial charge in [-0.25, -0.2) is 0 Å². The van der Waals surface area contributed by atoms with Crippen molar-refractivity contribution in [3.8, 4) is 5.75 Å². The number of nitrogens with zero attached hydrogens (tertiary/aromatic N) is 2. The van der Waals surface area contributed by atoms with Crippen LogP contribution in [0.5, 0.6) is 5.75 Å². The maximum atomic E-state index is 13.9. The molecule has 1 heterocycles. The maximum absolute atomic E-state index is 13.9. The number of anilines is 2. The molecule has 0 aliphatic heterocycles. The van der Waals surface area contributed by atoms with E-state index < -0.39 is 17.9 Å². The molecule has 1 atom stereocenters. The highest BCUT2D eigenvalue weighted by molar-refractivity contribution is 7.09. The fraction of sp³-hybridized carbons (Fsp3) is 0.308. The molecule has 3 aromatic rings. The lowest BCUT2D eigenvalue weighted by Crippen LogP contribution is -2.44. The second-order valence-corrected chi connectivity index (χ2v) is 9.30. The SMILES string of the molecule is CCOc1ccc([C@@H](C(=O)NCCC(C)C)N(C(=O)c2snc(C(N)=O)c2N)c2ccccc2)cc1. The van der Waals surface area contributed by atoms with Gasteiger partial charge in [-0.2, -0.15) is 4.37 Å². The van der Waals surface area contributed by atoms with Crippen LogP contribution < -0.4 is 26.4 Å². The second-order valence-electron chi connectivity index (χ2n) is 8.53. The Bertz CT molecular complexity index is 1190. The monoisotopic (exact) mass is 509 g/mol. The van der Waals surface area contributed by atoms with Crippen LogP contribution in [-0.4, -0.2) is 35.2 Å². The third-order valence-electron chi connectivity index (χ3n) is 5.44. The Morgan fingerprint density at radius 3 is 2.31 bits per heavy atom. The molecular weight excluding hydrogens is 478 g/mol. The molecule has 2 aromatic carbocycles. The number of carbonyl (C=O) groups is 3. The lowest BCUT2D eigenvalue weighted by molar-refractivity contribution is -0.122. The van der Waals surface area contributed by atoms with Crippen LogP contribution in [0.2, 0.25) is 0 Å². The van der Waals surface area contributed by atoms with Crippen molar-refractivity contribution in [2.24, 2.45) is 11.7 Å². The summed E-state index contributed by atoms with van der Waals surface area (Å²) in [5.41, 5.74) is 12.2. The number of rotatable bonds is 11. The summed E-state index contributed by atoms with van der Waals surface area (Å²) in [6.07, 6.45) is 0.783. The van der Waals surface area contributed by atoms with Gasteiger partial charge in [-0.3, -0.25) is 19.3 Å². The average molecular weight is 510 g/mol. The topological polar surface area (TPSA) is 141 Å². The van der Waals surface area contributed by atoms with Gasteiger partial charge >= 0.3 is 0 Å². The summed E-state index contributed by atoms with van der Waals surface area (Å²) in [7, 11) is 0. The van der Waals surface area contributed by atoms with Crippen molar-refractivity contribution in [1.82, 2.24) is 9.69 Å². The predicted octanol–water partition coefficient (Wildman–Crippen LogP) is 3.77. The van der Waals surface area contributed by atoms with Crippen molar-refractivity contribution in [2.75, 3.05) is 23.8 Å². The average Bonchev–Trinajstić information content (AvgIpc) is 3.24. The van der Waals surface area contributed by atoms with Crippen LogP contribution in [0, 0.1) is 5.92 Å². The van der Waals surface area contributed by atoms with Gasteiger partial charge in [-0.05, 0) is 60.6 Å². The number of nitrogen functional groups attached to an aromatic ring is 1. The van der Waals surface area contributed by atoms with Gasteiger partial charge in [0.15, 0.2) is 5.69 Å². The molecule has 0 unspecified atom stereocenters. The van der Waals surface area contributed by atoms with Crippen LogP contribution in [-0.2, 0) is 4.79 Å². The van der Waals surface area contributed by atoms with Gasteiger partial charge in [-0.15, -0.1) is 0 Å². The lowest BCUT2D eigenvalue weighted by atomic mass is 10.0. The normalized spacial score (nSPS) is 11.7. The Balaban J connectivity index is 2.12. The molecule has 0 saturated carbocycles. The number of benzene rings is 2. The van der Waals surface area contributed by atoms with E-state index in [2.05, 4.69) is 23.5 Å². The Kier molecular flexibility index (Phi) is 9.02. The van der Waals surface area contributed by atoms with Crippen molar-refractivity contribution < 1.29 is 19.1 Å². The Hall–Kier alpha value is -3.92. The molecule has 190 valence electrons. The molecule has 1 aromatic heterocycles. The Morgan fingerprint density at radius 2 is 1.75 bits per heavy atom. The quantitative estimate of drug-likeness (QED) is 0.359. The fourth-order valence-corrected chi connectivity index (χ4v) is 4.36. The number of ether oxygens (including phenoxy) is 1. The summed E-state index contributed by atoms with van der Waals surface area (Å²) in [6.45, 7) is 6.97. The summed E-state index contributed by atoms with van der Waals surface area (Å²) in [5, 5.41) is 2.97. The van der Waals surface area contributed by atoms with Crippen molar-refractivity contribution in [3.63, 3.8) is 0 Å². The summed E-state index contributed by atoms with van der Waals surface area (Å²) >= 11 is 0.772. The molecule has 3 rings (SSSR count). The molecule has 5 N–H and O–H groups in total. The minimum absolute atomic E-state index is 0.0265. The van der Waals surface area contributed by atoms with Crippen LogP contribution in [0.15, 0.2) is 54.6 Å². The van der Waals surface area contributed by atoms with E-state index in [1.165, 1.54) is 4.90 Å². The first kappa shape index (κ1) is 26.7. The molecule has 3 amide bonds. The zero-order valence-electron chi connectivity index (χ0n) is 20.6. The van der Waals surface area contributed by atoms with Crippen molar-refractivity contribution >= 4 is 40.6 Å². The summed E-state index contributed by atoms with van der Waals surface area (Å²) in [4.78, 5) is 40.7. The maximum Gasteiger partial charge on any atom is 0.273 e. The van der Waals surface area contributed by atoms with E-state index in [0.717, 1.165) is 18.0 Å². The van der Waals surface area contributed by atoms with Crippen molar-refractivity contribution in [2.45, 2.75) is 33.2 Å². The first-order valence-electron chi connectivity index (χ1n) is 11.7. The first-order valence-corrected chi connectivity index (χ1v) is 12.5. The number of aromatic nitrogens is 1. The zero-order chi connectivity index (χ0) is 26.2. The number of nitrogens with one attached hydrogen (secondary N) is 1. The van der Waals surface area contributed by atoms with Gasteiger partial charge in [0.2, 0.25) is 5.91 Å². The van der Waals surface area contributed by atoms with Crippen molar-refractivity contribution in [3.05, 3.63) is 70.7 Å². The highest BCUT2D eigenvalue weighted by atomic mass is 32.1. The molecule has 0 bridgehead atoms. The van der Waals surface area contributed by atoms with E-state index in [1.807, 2.05) is 13.0 Å². The van der Waals surface area contributed by atoms with E-state index in [4.69, 9.17) is 16.2 Å². The predicted molar refractivity (Wildman–Crippen MR) is 141 cm³/mol. The molecule has 0 saturated heterocycles. The second kappa shape index (κ2) is 12.2. The molecule has 36 heavy (non-hydrogen) atoms. The number of amides is 3. The van der Waals surface area contributed by atoms with Crippen LogP contribution in [0.25, 0.3) is 0 Å². The van der Waals surface area contributed by atoms with E-state index in [1.54, 1.807) is 48.5 Å². The smallest absolute Gasteiger partial charge is 0.273 e. The minimum atomic E-state index is -1.03. The Labute approximate surface area is 214 Å². The largest absolute Gasteiger partial charge is 0.494 e. The number of carbonyl (C=O) groups excluding carboxylic acids is 3. The van der Waals surface area contributed by atoms with Gasteiger partial charge in [-0.1, -0.05) is 44.2 Å². The van der Waals surface area contributed by atoms with Crippen LogP contribution >= 0.6 is 11.5 Å². The summed E-state index contributed by atoms with van der Waals surface area (Å²) in [6, 6.07) is 14.8. The summed E-state index contributed by atoms with van der Waals surface area (Å²) < 4.78 is 9.52. The number of hydrogen-bond donors (Lipinski definition) is 3. The third-order valence-corrected chi connectivity index (χ3v) is 6.29. The number of primary amides is 1. The number of hydrogen-bond acceptors (Lipinski definition) is 7. The zero-order valence-corrected chi connectivity index (χ0v) is 21.4. The van der Waals surface area contributed by atoms with Gasteiger partial charge in [0.05, 0.1) is 12.3 Å². The molecule has 10 heteroatoms. The first-order chi connectivity index (χ1) is 17.2. The van der Waals surface area contributed by atoms with Gasteiger partial charge in [0.25, 0.3) is 11.8 Å². The van der Waals surface area contributed by atoms with Crippen LogP contribution in [0.3, 0.4) is 0 Å². The molecule has 0 aliphatic carbocycles. The Morgan fingerprint density at radius 1 is 1.08 bits per heavy atom. The standard InChI is InChI=1S/C26H31N5O4S/c1-4-35-19-12-10-17(11-13-19)22(25(33)29-15-14-16(2)3)31(18-8-6-5-7-9-18)26(34)23-20(27)21(24(28)32)30-36-23/h5-13,16,22H,4,14-15,27H2,1-3H3,(H2,28,32)(H,29,33)/t22-/m0/s1. The molecule has 0 spiro atoms.